The van der Waals surface area contributed by atoms with Crippen molar-refractivity contribution in [2.75, 3.05) is 23.3 Å². The highest BCUT2D eigenvalue weighted by Crippen LogP contribution is 2.19. The lowest BCUT2D eigenvalue weighted by Gasteiger charge is -2.19. The van der Waals surface area contributed by atoms with Crippen molar-refractivity contribution >= 4 is 38.9 Å². The van der Waals surface area contributed by atoms with Crippen LogP contribution in [0.2, 0.25) is 0 Å². The van der Waals surface area contributed by atoms with E-state index in [-0.39, 0.29) is 16.8 Å². The second kappa shape index (κ2) is 7.52. The predicted octanol–water partition coefficient (Wildman–Crippen LogP) is 1.43. The number of primary sulfonamides is 1. The number of nitrogens with two attached hydrogens (primary N) is 1. The first-order chi connectivity index (χ1) is 12.3. The van der Waals surface area contributed by atoms with E-state index in [0.29, 0.717) is 23.2 Å². The maximum absolute atomic E-state index is 13.6. The van der Waals surface area contributed by atoms with Crippen molar-refractivity contribution in [2.24, 2.45) is 5.14 Å². The molecule has 1 aliphatic rings. The molecule has 1 atom stereocenters. The molecule has 7 nitrogen and oxygen atoms in total. The summed E-state index contributed by atoms with van der Waals surface area (Å²) in [4.78, 5) is 6.15. The quantitative estimate of drug-likeness (QED) is 0.674. The highest BCUT2D eigenvalue weighted by atomic mass is 32.2. The van der Waals surface area contributed by atoms with Gasteiger partial charge in [-0.3, -0.25) is 0 Å². The Hall–Kier alpha value is -2.30. The Labute approximate surface area is 156 Å². The summed E-state index contributed by atoms with van der Waals surface area (Å²) in [5, 5.41) is 11.4. The normalized spacial score (nSPS) is 17.2. The fourth-order valence-electron chi connectivity index (χ4n) is 2.72. The van der Waals surface area contributed by atoms with Gasteiger partial charge < -0.3 is 15.5 Å². The smallest absolute Gasteiger partial charge is 0.239 e. The highest BCUT2D eigenvalue weighted by molar-refractivity contribution is 7.89. The van der Waals surface area contributed by atoms with E-state index >= 15 is 0 Å². The molecular formula is C16H18FN5O2S2. The number of sulfonamides is 1. The second-order valence-electron chi connectivity index (χ2n) is 5.91. The zero-order valence-corrected chi connectivity index (χ0v) is 15.4. The summed E-state index contributed by atoms with van der Waals surface area (Å²) in [7, 11) is -3.75. The lowest BCUT2D eigenvalue weighted by atomic mass is 10.3. The molecule has 0 radical (unpaired) electrons. The lowest BCUT2D eigenvalue weighted by molar-refractivity contribution is 0.597. The van der Waals surface area contributed by atoms with Crippen LogP contribution < -0.4 is 20.7 Å². The van der Waals surface area contributed by atoms with Crippen LogP contribution in [0.1, 0.15) is 6.42 Å². The first-order valence-electron chi connectivity index (χ1n) is 7.89. The van der Waals surface area contributed by atoms with Crippen LogP contribution in [0.25, 0.3) is 0 Å². The molecule has 0 unspecified atom stereocenters. The van der Waals surface area contributed by atoms with Gasteiger partial charge in [-0.25, -0.2) is 22.9 Å². The number of thiocarbonyl (C=S) groups is 1. The molecule has 1 fully saturated rings. The summed E-state index contributed by atoms with van der Waals surface area (Å²) in [6.07, 6.45) is 2.06. The van der Waals surface area contributed by atoms with Gasteiger partial charge in [-0.1, -0.05) is 12.1 Å². The van der Waals surface area contributed by atoms with Crippen LogP contribution in [0, 0.1) is 5.82 Å². The van der Waals surface area contributed by atoms with Crippen molar-refractivity contribution in [3.63, 3.8) is 0 Å². The largest absolute Gasteiger partial charge is 0.358 e. The molecule has 2 aromatic rings. The lowest BCUT2D eigenvalue weighted by Crippen LogP contribution is -2.39. The second-order valence-corrected chi connectivity index (χ2v) is 7.88. The van der Waals surface area contributed by atoms with Crippen LogP contribution in [0.5, 0.6) is 0 Å². The Balaban J connectivity index is 1.57. The minimum atomic E-state index is -3.75. The number of pyridine rings is 1. The van der Waals surface area contributed by atoms with E-state index in [1.807, 2.05) is 4.90 Å². The van der Waals surface area contributed by atoms with Crippen molar-refractivity contribution in [2.45, 2.75) is 17.4 Å². The van der Waals surface area contributed by atoms with Gasteiger partial charge in [0.25, 0.3) is 0 Å². The van der Waals surface area contributed by atoms with Gasteiger partial charge in [0.1, 0.15) is 16.5 Å². The van der Waals surface area contributed by atoms with Gasteiger partial charge in [0.2, 0.25) is 10.0 Å². The van der Waals surface area contributed by atoms with Crippen molar-refractivity contribution < 1.29 is 12.8 Å². The fraction of sp³-hybridized carbons (Fsp3) is 0.250. The summed E-state index contributed by atoms with van der Waals surface area (Å²) >= 11 is 5.24. The average molecular weight is 395 g/mol. The zero-order valence-electron chi connectivity index (χ0n) is 13.7. The Kier molecular flexibility index (Phi) is 5.35. The number of halogens is 1. The molecule has 1 aromatic heterocycles. The number of aromatic nitrogens is 1. The number of para-hydroxylation sites is 1. The summed E-state index contributed by atoms with van der Waals surface area (Å²) in [5.74, 6) is 0.290. The molecule has 1 aliphatic heterocycles. The molecule has 1 aromatic carbocycles. The number of hydrogen-bond donors (Lipinski definition) is 3. The van der Waals surface area contributed by atoms with Gasteiger partial charge in [0.05, 0.1) is 5.69 Å². The van der Waals surface area contributed by atoms with Crippen LogP contribution >= 0.6 is 12.2 Å². The van der Waals surface area contributed by atoms with Crippen molar-refractivity contribution in [3.05, 3.63) is 48.4 Å². The molecular weight excluding hydrogens is 377 g/mol. The molecule has 138 valence electrons. The van der Waals surface area contributed by atoms with Crippen LogP contribution in [0.15, 0.2) is 47.5 Å². The minimum absolute atomic E-state index is 0.0228. The van der Waals surface area contributed by atoms with Gasteiger partial charge in [-0.15, -0.1) is 0 Å². The summed E-state index contributed by atoms with van der Waals surface area (Å²) < 4.78 is 36.2. The summed E-state index contributed by atoms with van der Waals surface area (Å²) in [5.41, 5.74) is 0.320. The number of rotatable bonds is 4. The summed E-state index contributed by atoms with van der Waals surface area (Å²) in [6, 6.07) is 9.44. The molecule has 26 heavy (non-hydrogen) atoms. The number of nitrogens with zero attached hydrogens (tertiary/aromatic N) is 2. The van der Waals surface area contributed by atoms with E-state index in [1.54, 1.807) is 24.3 Å². The molecule has 0 bridgehead atoms. The van der Waals surface area contributed by atoms with Gasteiger partial charge in [-0.05, 0) is 42.9 Å². The van der Waals surface area contributed by atoms with E-state index in [1.165, 1.54) is 18.3 Å². The minimum Gasteiger partial charge on any atom is -0.358 e. The molecule has 1 saturated heterocycles. The molecule has 0 amide bonds. The Morgan fingerprint density at radius 2 is 2.08 bits per heavy atom. The molecule has 4 N–H and O–H groups in total. The molecule has 2 heterocycles. The van der Waals surface area contributed by atoms with E-state index < -0.39 is 10.0 Å². The number of nitrogens with one attached hydrogen (secondary N) is 2. The van der Waals surface area contributed by atoms with Crippen molar-refractivity contribution in [1.82, 2.24) is 10.3 Å². The SMILES string of the molecule is NS(=O)(=O)c1ccc(N2CC[C@H](NC(=S)Nc3ccccc3F)C2)nc1. The van der Waals surface area contributed by atoms with Crippen LogP contribution in [-0.2, 0) is 10.0 Å². The molecule has 0 saturated carbocycles. The van der Waals surface area contributed by atoms with E-state index in [2.05, 4.69) is 15.6 Å². The monoisotopic (exact) mass is 395 g/mol. The topological polar surface area (TPSA) is 100 Å². The Morgan fingerprint density at radius 1 is 1.31 bits per heavy atom. The van der Waals surface area contributed by atoms with Gasteiger partial charge in [0, 0.05) is 25.3 Å². The highest BCUT2D eigenvalue weighted by Gasteiger charge is 2.24. The molecule has 10 heteroatoms. The van der Waals surface area contributed by atoms with E-state index in [9.17, 15) is 12.8 Å². The third-order valence-electron chi connectivity index (χ3n) is 4.02. The Bertz CT molecular complexity index is 905. The van der Waals surface area contributed by atoms with Gasteiger partial charge in [-0.2, -0.15) is 0 Å². The maximum atomic E-state index is 13.6. The van der Waals surface area contributed by atoms with E-state index in [0.717, 1.165) is 13.0 Å². The first kappa shape index (κ1) is 18.5. The van der Waals surface area contributed by atoms with Gasteiger partial charge in [0.15, 0.2) is 5.11 Å². The molecule has 0 spiro atoms. The average Bonchev–Trinajstić information content (AvgIpc) is 3.05. The third-order valence-corrected chi connectivity index (χ3v) is 5.14. The van der Waals surface area contributed by atoms with E-state index in [4.69, 9.17) is 17.4 Å². The molecule has 0 aliphatic carbocycles. The molecule has 3 rings (SSSR count). The van der Waals surface area contributed by atoms with Crippen molar-refractivity contribution in [1.29, 1.82) is 0 Å². The maximum Gasteiger partial charge on any atom is 0.239 e. The predicted molar refractivity (Wildman–Crippen MR) is 102 cm³/mol. The third kappa shape index (κ3) is 4.45. The number of benzene rings is 1. The number of anilines is 2. The first-order valence-corrected chi connectivity index (χ1v) is 9.84. The number of hydrogen-bond acceptors (Lipinski definition) is 5. The van der Waals surface area contributed by atoms with Gasteiger partial charge >= 0.3 is 0 Å². The fourth-order valence-corrected chi connectivity index (χ4v) is 3.45. The zero-order chi connectivity index (χ0) is 18.7. The Morgan fingerprint density at radius 3 is 2.73 bits per heavy atom. The van der Waals surface area contributed by atoms with Crippen LogP contribution in [0.3, 0.4) is 0 Å². The van der Waals surface area contributed by atoms with Crippen LogP contribution in [0.4, 0.5) is 15.9 Å². The standard InChI is InChI=1S/C16H18FN5O2S2/c17-13-3-1-2-4-14(13)21-16(25)20-11-7-8-22(10-11)15-6-5-12(9-19-15)26(18,23)24/h1-6,9,11H,7-8,10H2,(H2,18,23,24)(H2,20,21,25)/t11-/m0/s1. The summed E-state index contributed by atoms with van der Waals surface area (Å²) in [6.45, 7) is 1.38. The van der Waals surface area contributed by atoms with Crippen LogP contribution in [-0.4, -0.2) is 37.6 Å². The van der Waals surface area contributed by atoms with Crippen molar-refractivity contribution in [3.8, 4) is 0 Å².